The van der Waals surface area contributed by atoms with Gasteiger partial charge >= 0.3 is 0 Å². The van der Waals surface area contributed by atoms with Crippen molar-refractivity contribution in [1.82, 2.24) is 0 Å². The predicted octanol–water partition coefficient (Wildman–Crippen LogP) is 3.66. The van der Waals surface area contributed by atoms with Crippen LogP contribution in [-0.4, -0.2) is 16.3 Å². The number of benzene rings is 3. The summed E-state index contributed by atoms with van der Waals surface area (Å²) in [7, 11) is 0. The highest BCUT2D eigenvalue weighted by Crippen LogP contribution is 2.50. The van der Waals surface area contributed by atoms with E-state index in [2.05, 4.69) is 30.3 Å². The molecule has 0 amide bonds. The van der Waals surface area contributed by atoms with Crippen LogP contribution in [-0.2, 0) is 0 Å². The Morgan fingerprint density at radius 3 is 2.23 bits per heavy atom. The maximum absolute atomic E-state index is 10.3. The van der Waals surface area contributed by atoms with Gasteiger partial charge in [-0.15, -0.1) is 0 Å². The first-order chi connectivity index (χ1) is 10.7. The lowest BCUT2D eigenvalue weighted by Gasteiger charge is -2.24. The molecule has 0 saturated carbocycles. The molecule has 2 aliphatic carbocycles. The van der Waals surface area contributed by atoms with E-state index < -0.39 is 12.2 Å². The molecule has 2 heteroatoms. The minimum Gasteiger partial charge on any atom is -0.386 e. The summed E-state index contributed by atoms with van der Waals surface area (Å²) >= 11 is 0. The van der Waals surface area contributed by atoms with Crippen molar-refractivity contribution in [2.45, 2.75) is 12.2 Å². The van der Waals surface area contributed by atoms with Gasteiger partial charge in [0.25, 0.3) is 0 Å². The SMILES string of the molecule is OC1C=C2c3cc4ccccc4cc3-c3cccc(c32)C1O. The maximum atomic E-state index is 10.3. The quantitative estimate of drug-likeness (QED) is 0.518. The molecule has 0 fully saturated rings. The van der Waals surface area contributed by atoms with Gasteiger partial charge in [-0.3, -0.25) is 0 Å². The molecule has 22 heavy (non-hydrogen) atoms. The molecule has 0 bridgehead atoms. The van der Waals surface area contributed by atoms with Crippen LogP contribution in [0.5, 0.6) is 0 Å². The summed E-state index contributed by atoms with van der Waals surface area (Å²) in [5, 5.41) is 22.8. The second-order valence-electron chi connectivity index (χ2n) is 6.03. The third kappa shape index (κ3) is 1.41. The predicted molar refractivity (Wildman–Crippen MR) is 87.4 cm³/mol. The molecular formula is C20H14O2. The third-order valence-electron chi connectivity index (χ3n) is 4.81. The second-order valence-corrected chi connectivity index (χ2v) is 6.03. The first-order valence-electron chi connectivity index (χ1n) is 7.49. The molecule has 0 saturated heterocycles. The van der Waals surface area contributed by atoms with Crippen LogP contribution in [0.1, 0.15) is 22.8 Å². The summed E-state index contributed by atoms with van der Waals surface area (Å²) in [6.07, 6.45) is 0.0921. The fourth-order valence-corrected chi connectivity index (χ4v) is 3.78. The van der Waals surface area contributed by atoms with E-state index in [0.29, 0.717) is 0 Å². The second kappa shape index (κ2) is 4.07. The molecule has 2 unspecified atom stereocenters. The lowest BCUT2D eigenvalue weighted by Crippen LogP contribution is -2.20. The normalized spacial score (nSPS) is 21.5. The van der Waals surface area contributed by atoms with Crippen molar-refractivity contribution in [1.29, 1.82) is 0 Å². The molecule has 2 atom stereocenters. The van der Waals surface area contributed by atoms with Crippen LogP contribution in [0.15, 0.2) is 60.7 Å². The molecule has 0 aliphatic heterocycles. The largest absolute Gasteiger partial charge is 0.386 e. The van der Waals surface area contributed by atoms with Crippen LogP contribution in [0.3, 0.4) is 0 Å². The number of hydrogen-bond acceptors (Lipinski definition) is 2. The summed E-state index contributed by atoms with van der Waals surface area (Å²) < 4.78 is 0. The Morgan fingerprint density at radius 2 is 1.45 bits per heavy atom. The van der Waals surface area contributed by atoms with Gasteiger partial charge in [-0.1, -0.05) is 42.5 Å². The average Bonchev–Trinajstić information content (AvgIpc) is 2.85. The Bertz CT molecular complexity index is 969. The van der Waals surface area contributed by atoms with E-state index in [4.69, 9.17) is 0 Å². The number of rotatable bonds is 0. The van der Waals surface area contributed by atoms with Gasteiger partial charge in [-0.2, -0.15) is 0 Å². The van der Waals surface area contributed by atoms with Crippen molar-refractivity contribution in [3.63, 3.8) is 0 Å². The van der Waals surface area contributed by atoms with Gasteiger partial charge < -0.3 is 10.2 Å². The number of hydrogen-bond donors (Lipinski definition) is 2. The van der Waals surface area contributed by atoms with Crippen molar-refractivity contribution >= 4 is 16.3 Å². The molecule has 2 aliphatic rings. The minimum absolute atomic E-state index is 0.822. The molecular weight excluding hydrogens is 272 g/mol. The molecule has 2 nitrogen and oxygen atoms in total. The maximum Gasteiger partial charge on any atom is 0.109 e. The van der Waals surface area contributed by atoms with Crippen molar-refractivity contribution in [3.8, 4) is 11.1 Å². The highest BCUT2D eigenvalue weighted by molar-refractivity contribution is 6.07. The van der Waals surface area contributed by atoms with Gasteiger partial charge in [-0.05, 0) is 62.4 Å². The summed E-state index contributed by atoms with van der Waals surface area (Å²) in [5.41, 5.74) is 6.42. The van der Waals surface area contributed by atoms with Crippen LogP contribution in [0.2, 0.25) is 0 Å². The molecule has 0 aromatic heterocycles. The molecule has 3 aromatic rings. The average molecular weight is 286 g/mol. The van der Waals surface area contributed by atoms with E-state index in [-0.39, 0.29) is 0 Å². The Hall–Kier alpha value is -2.42. The zero-order valence-corrected chi connectivity index (χ0v) is 11.8. The third-order valence-corrected chi connectivity index (χ3v) is 4.81. The van der Waals surface area contributed by atoms with Gasteiger partial charge in [0.05, 0.1) is 0 Å². The zero-order chi connectivity index (χ0) is 14.8. The fraction of sp³-hybridized carbons (Fsp3) is 0.100. The summed E-state index contributed by atoms with van der Waals surface area (Å²) in [5.74, 6) is 0. The van der Waals surface area contributed by atoms with Gasteiger partial charge in [0.15, 0.2) is 0 Å². The lowest BCUT2D eigenvalue weighted by atomic mass is 9.86. The van der Waals surface area contributed by atoms with Crippen molar-refractivity contribution < 1.29 is 10.2 Å². The number of aliphatic hydroxyl groups excluding tert-OH is 2. The summed E-state index contributed by atoms with van der Waals surface area (Å²) in [4.78, 5) is 0. The zero-order valence-electron chi connectivity index (χ0n) is 11.8. The minimum atomic E-state index is -0.852. The van der Waals surface area contributed by atoms with Crippen LogP contribution in [0.25, 0.3) is 27.5 Å². The van der Waals surface area contributed by atoms with E-state index in [9.17, 15) is 10.2 Å². The van der Waals surface area contributed by atoms with Crippen LogP contribution < -0.4 is 0 Å². The summed E-state index contributed by atoms with van der Waals surface area (Å²) in [6.45, 7) is 0. The fourth-order valence-electron chi connectivity index (χ4n) is 3.78. The van der Waals surface area contributed by atoms with Gasteiger partial charge in [0.1, 0.15) is 12.2 Å². The molecule has 3 aromatic carbocycles. The summed E-state index contributed by atoms with van der Waals surface area (Å²) in [6, 6.07) is 18.7. The van der Waals surface area contributed by atoms with Crippen LogP contribution >= 0.6 is 0 Å². The molecule has 0 heterocycles. The van der Waals surface area contributed by atoms with E-state index in [1.807, 2.05) is 24.3 Å². The van der Waals surface area contributed by atoms with Crippen molar-refractivity contribution in [3.05, 3.63) is 77.4 Å². The smallest absolute Gasteiger partial charge is 0.109 e. The van der Waals surface area contributed by atoms with Gasteiger partial charge in [0, 0.05) is 0 Å². The number of fused-ring (bicyclic) bond motifs is 4. The molecule has 5 rings (SSSR count). The Morgan fingerprint density at radius 1 is 0.727 bits per heavy atom. The molecule has 2 N–H and O–H groups in total. The van der Waals surface area contributed by atoms with Crippen molar-refractivity contribution in [2.24, 2.45) is 0 Å². The Labute approximate surface area is 128 Å². The monoisotopic (exact) mass is 286 g/mol. The number of aliphatic hydroxyl groups is 2. The van der Waals surface area contributed by atoms with Gasteiger partial charge in [-0.25, -0.2) is 0 Å². The first kappa shape index (κ1) is 12.2. The van der Waals surface area contributed by atoms with Crippen molar-refractivity contribution in [2.75, 3.05) is 0 Å². The Balaban J connectivity index is 1.92. The van der Waals surface area contributed by atoms with E-state index >= 15 is 0 Å². The van der Waals surface area contributed by atoms with E-state index in [0.717, 1.165) is 27.8 Å². The lowest BCUT2D eigenvalue weighted by molar-refractivity contribution is 0.0467. The van der Waals surface area contributed by atoms with Crippen LogP contribution in [0, 0.1) is 0 Å². The van der Waals surface area contributed by atoms with Gasteiger partial charge in [0.2, 0.25) is 0 Å². The highest BCUT2D eigenvalue weighted by atomic mass is 16.3. The van der Waals surface area contributed by atoms with E-state index in [1.54, 1.807) is 6.08 Å². The highest BCUT2D eigenvalue weighted by Gasteiger charge is 2.34. The van der Waals surface area contributed by atoms with E-state index in [1.165, 1.54) is 16.3 Å². The topological polar surface area (TPSA) is 40.5 Å². The van der Waals surface area contributed by atoms with Crippen LogP contribution in [0.4, 0.5) is 0 Å². The molecule has 106 valence electrons. The standard InChI is InChI=1S/C20H14O2/c21-18-10-17-16-9-12-5-2-1-4-11(12)8-15(16)13-6-3-7-14(19(13)17)20(18)22/h1-10,18,20-22H. The molecule has 0 spiro atoms. The Kier molecular flexibility index (Phi) is 2.25. The first-order valence-corrected chi connectivity index (χ1v) is 7.49. The molecule has 0 radical (unpaired) electrons.